The fourth-order valence-electron chi connectivity index (χ4n) is 3.44. The number of anilines is 1. The van der Waals surface area contributed by atoms with Crippen molar-refractivity contribution < 1.29 is 26.4 Å². The Balaban J connectivity index is 1.91. The summed E-state index contributed by atoms with van der Waals surface area (Å²) in [6.45, 7) is 1.23. The predicted molar refractivity (Wildman–Crippen MR) is 115 cm³/mol. The van der Waals surface area contributed by atoms with Crippen LogP contribution in [0.5, 0.6) is 0 Å². The van der Waals surface area contributed by atoms with E-state index in [9.17, 15) is 26.4 Å². The van der Waals surface area contributed by atoms with Crippen molar-refractivity contribution >= 4 is 33.4 Å². The molecule has 0 spiro atoms. The van der Waals surface area contributed by atoms with Gasteiger partial charge in [-0.15, -0.1) is 11.8 Å². The highest BCUT2D eigenvalue weighted by Crippen LogP contribution is 2.32. The first-order chi connectivity index (χ1) is 14.6. The van der Waals surface area contributed by atoms with Crippen molar-refractivity contribution in [2.24, 2.45) is 0 Å². The van der Waals surface area contributed by atoms with Crippen LogP contribution in [0, 0.1) is 0 Å². The maximum absolute atomic E-state index is 13.1. The number of rotatable bonds is 5. The van der Waals surface area contributed by atoms with Gasteiger partial charge in [0, 0.05) is 23.7 Å². The van der Waals surface area contributed by atoms with Gasteiger partial charge < -0.3 is 4.90 Å². The SMILES string of the molecule is CSc1ccc(S(=O)(=O)Nc2cccc(C(F)(F)F)c2)cc1C(=O)N1CCCCCC1. The van der Waals surface area contributed by atoms with Crippen LogP contribution >= 0.6 is 11.8 Å². The molecule has 5 nitrogen and oxygen atoms in total. The van der Waals surface area contributed by atoms with Crippen LogP contribution in [0.2, 0.25) is 0 Å². The molecule has 0 unspecified atom stereocenters. The highest BCUT2D eigenvalue weighted by molar-refractivity contribution is 7.98. The summed E-state index contributed by atoms with van der Waals surface area (Å²) >= 11 is 1.33. The lowest BCUT2D eigenvalue weighted by molar-refractivity contribution is -0.137. The van der Waals surface area contributed by atoms with Gasteiger partial charge in [-0.25, -0.2) is 8.42 Å². The number of nitrogens with one attached hydrogen (secondary N) is 1. The zero-order chi connectivity index (χ0) is 22.6. The normalized spacial score (nSPS) is 15.4. The number of sulfonamides is 1. The Hall–Kier alpha value is -2.20. The van der Waals surface area contributed by atoms with Gasteiger partial charge in [-0.1, -0.05) is 18.9 Å². The molecule has 168 valence electrons. The van der Waals surface area contributed by atoms with Crippen LogP contribution in [0.15, 0.2) is 52.3 Å². The van der Waals surface area contributed by atoms with Crippen LogP contribution < -0.4 is 4.72 Å². The van der Waals surface area contributed by atoms with Gasteiger partial charge in [-0.05, 0) is 55.5 Å². The number of halogens is 3. The molecule has 1 aliphatic rings. The van der Waals surface area contributed by atoms with Gasteiger partial charge in [0.25, 0.3) is 15.9 Å². The van der Waals surface area contributed by atoms with Crippen LogP contribution in [-0.4, -0.2) is 38.6 Å². The standard InChI is InChI=1S/C21H23F3N2O3S2/c1-30-19-10-9-17(14-18(19)20(27)26-11-4-2-3-5-12-26)31(28,29)25-16-8-6-7-15(13-16)21(22,23)24/h6-10,13-14,25H,2-5,11-12H2,1H3. The highest BCUT2D eigenvalue weighted by Gasteiger charge is 2.31. The lowest BCUT2D eigenvalue weighted by Crippen LogP contribution is -2.32. The molecule has 0 aliphatic carbocycles. The smallest absolute Gasteiger partial charge is 0.339 e. The zero-order valence-corrected chi connectivity index (χ0v) is 18.5. The van der Waals surface area contributed by atoms with E-state index in [2.05, 4.69) is 4.72 Å². The minimum absolute atomic E-state index is 0.180. The molecule has 0 saturated carbocycles. The van der Waals surface area contributed by atoms with E-state index in [1.807, 2.05) is 0 Å². The van der Waals surface area contributed by atoms with Crippen LogP contribution in [-0.2, 0) is 16.2 Å². The summed E-state index contributed by atoms with van der Waals surface area (Å²) in [6.07, 6.45) is 1.10. The summed E-state index contributed by atoms with van der Waals surface area (Å²) in [5.41, 5.74) is -0.882. The molecule has 1 aliphatic heterocycles. The van der Waals surface area contributed by atoms with Gasteiger partial charge in [0.2, 0.25) is 0 Å². The second-order valence-electron chi connectivity index (χ2n) is 7.25. The Morgan fingerprint density at radius 2 is 1.71 bits per heavy atom. The lowest BCUT2D eigenvalue weighted by Gasteiger charge is -2.22. The van der Waals surface area contributed by atoms with Crippen molar-refractivity contribution in [1.82, 2.24) is 4.90 Å². The monoisotopic (exact) mass is 472 g/mol. The minimum Gasteiger partial charge on any atom is -0.339 e. The average Bonchev–Trinajstić information content (AvgIpc) is 3.01. The lowest BCUT2D eigenvalue weighted by atomic mass is 10.2. The number of alkyl halides is 3. The van der Waals surface area contributed by atoms with E-state index in [0.29, 0.717) is 18.0 Å². The molecular weight excluding hydrogens is 449 g/mol. The first kappa shape index (κ1) is 23.5. The number of carbonyl (C=O) groups excluding carboxylic acids is 1. The molecule has 1 saturated heterocycles. The fourth-order valence-corrected chi connectivity index (χ4v) is 5.08. The van der Waals surface area contributed by atoms with E-state index in [0.717, 1.165) is 43.9 Å². The highest BCUT2D eigenvalue weighted by atomic mass is 32.2. The molecule has 2 aromatic rings. The van der Waals surface area contributed by atoms with Crippen LogP contribution in [0.4, 0.5) is 18.9 Å². The largest absolute Gasteiger partial charge is 0.416 e. The molecular formula is C21H23F3N2O3S2. The third kappa shape index (κ3) is 5.74. The number of carbonyl (C=O) groups is 1. The molecule has 2 aromatic carbocycles. The van der Waals surface area contributed by atoms with E-state index >= 15 is 0 Å². The summed E-state index contributed by atoms with van der Waals surface area (Å²) in [5.74, 6) is -0.234. The maximum atomic E-state index is 13.1. The van der Waals surface area contributed by atoms with Gasteiger partial charge in [0.1, 0.15) is 0 Å². The summed E-state index contributed by atoms with van der Waals surface area (Å²) in [7, 11) is -4.19. The molecule has 1 amide bonds. The number of thioether (sulfide) groups is 1. The number of hydrogen-bond acceptors (Lipinski definition) is 4. The fraction of sp³-hybridized carbons (Fsp3) is 0.381. The maximum Gasteiger partial charge on any atom is 0.416 e. The van der Waals surface area contributed by atoms with E-state index in [4.69, 9.17) is 0 Å². The molecule has 0 bridgehead atoms. The molecule has 3 rings (SSSR count). The summed E-state index contributed by atoms with van der Waals surface area (Å²) in [5, 5.41) is 0. The second kappa shape index (κ2) is 9.52. The quantitative estimate of drug-likeness (QED) is 0.604. The van der Waals surface area contributed by atoms with Crippen LogP contribution in [0.3, 0.4) is 0 Å². The third-order valence-electron chi connectivity index (χ3n) is 5.05. The first-order valence-electron chi connectivity index (χ1n) is 9.79. The van der Waals surface area contributed by atoms with E-state index < -0.39 is 21.8 Å². The van der Waals surface area contributed by atoms with Crippen molar-refractivity contribution in [3.05, 3.63) is 53.6 Å². The molecule has 1 N–H and O–H groups in total. The van der Waals surface area contributed by atoms with Gasteiger partial charge in [-0.3, -0.25) is 9.52 Å². The Morgan fingerprint density at radius 1 is 1.03 bits per heavy atom. The Labute approximate surface area is 184 Å². The topological polar surface area (TPSA) is 66.5 Å². The molecule has 0 aromatic heterocycles. The number of amides is 1. The van der Waals surface area contributed by atoms with E-state index in [1.54, 1.807) is 17.2 Å². The van der Waals surface area contributed by atoms with Crippen molar-refractivity contribution in [2.75, 3.05) is 24.1 Å². The number of benzene rings is 2. The first-order valence-corrected chi connectivity index (χ1v) is 12.5. The van der Waals surface area contributed by atoms with Crippen molar-refractivity contribution in [2.45, 2.75) is 41.7 Å². The summed E-state index contributed by atoms with van der Waals surface area (Å²) < 4.78 is 66.7. The summed E-state index contributed by atoms with van der Waals surface area (Å²) in [6, 6.07) is 8.17. The number of hydrogen-bond donors (Lipinski definition) is 1. The Bertz CT molecular complexity index is 1050. The summed E-state index contributed by atoms with van der Waals surface area (Å²) in [4.78, 5) is 15.3. The van der Waals surface area contributed by atoms with Crippen molar-refractivity contribution in [1.29, 1.82) is 0 Å². The Morgan fingerprint density at radius 3 is 2.32 bits per heavy atom. The minimum atomic E-state index is -4.59. The molecule has 1 heterocycles. The van der Waals surface area contributed by atoms with Gasteiger partial charge in [0.05, 0.1) is 16.0 Å². The molecule has 0 radical (unpaired) electrons. The van der Waals surface area contributed by atoms with Crippen LogP contribution in [0.1, 0.15) is 41.6 Å². The second-order valence-corrected chi connectivity index (χ2v) is 9.78. The molecule has 0 atom stereocenters. The van der Waals surface area contributed by atoms with Crippen molar-refractivity contribution in [3.63, 3.8) is 0 Å². The zero-order valence-electron chi connectivity index (χ0n) is 16.9. The third-order valence-corrected chi connectivity index (χ3v) is 7.22. The number of nitrogens with zero attached hydrogens (tertiary/aromatic N) is 1. The van der Waals surface area contributed by atoms with Gasteiger partial charge in [0.15, 0.2) is 0 Å². The predicted octanol–water partition coefficient (Wildman–Crippen LogP) is 5.24. The average molecular weight is 473 g/mol. The molecule has 1 fully saturated rings. The van der Waals surface area contributed by atoms with Gasteiger partial charge in [-0.2, -0.15) is 13.2 Å². The molecule has 31 heavy (non-hydrogen) atoms. The van der Waals surface area contributed by atoms with Crippen LogP contribution in [0.25, 0.3) is 0 Å². The van der Waals surface area contributed by atoms with E-state index in [1.165, 1.54) is 30.0 Å². The molecule has 10 heteroatoms. The Kier molecular flexibility index (Phi) is 7.20. The van der Waals surface area contributed by atoms with E-state index in [-0.39, 0.29) is 22.1 Å². The van der Waals surface area contributed by atoms with Gasteiger partial charge >= 0.3 is 6.18 Å². The number of likely N-dealkylation sites (tertiary alicyclic amines) is 1. The van der Waals surface area contributed by atoms with Crippen molar-refractivity contribution in [3.8, 4) is 0 Å².